The van der Waals surface area contributed by atoms with E-state index in [1.54, 1.807) is 0 Å². The molecule has 0 saturated carbocycles. The average molecular weight is 120 g/mol. The lowest BCUT2D eigenvalue weighted by molar-refractivity contribution is 0.435. The molecule has 0 aromatic carbocycles. The fourth-order valence-corrected chi connectivity index (χ4v) is 0.500. The van der Waals surface area contributed by atoms with Crippen molar-refractivity contribution in [1.82, 2.24) is 0 Å². The van der Waals surface area contributed by atoms with E-state index < -0.39 is 8.56 Å². The third-order valence-corrected chi connectivity index (χ3v) is 6.80. The van der Waals surface area contributed by atoms with E-state index in [1.165, 1.54) is 15.8 Å². The molecular formula is C3H12OSi2. The van der Waals surface area contributed by atoms with Crippen LogP contribution in [0.1, 0.15) is 6.92 Å². The van der Waals surface area contributed by atoms with E-state index in [0.29, 0.717) is 0 Å². The van der Waals surface area contributed by atoms with Gasteiger partial charge < -0.3 is 4.43 Å². The maximum absolute atomic E-state index is 5.10. The topological polar surface area (TPSA) is 9.23 Å². The van der Waals surface area contributed by atoms with Crippen LogP contribution >= 0.6 is 0 Å². The fraction of sp³-hybridized carbons (Fsp3) is 1.00. The molecule has 0 aliphatic rings. The second-order valence-electron chi connectivity index (χ2n) is 1.45. The zero-order valence-electron chi connectivity index (χ0n) is 4.69. The summed E-state index contributed by atoms with van der Waals surface area (Å²) in [5.41, 5.74) is 0. The summed E-state index contributed by atoms with van der Waals surface area (Å²) in [7, 11) is 2.61. The van der Waals surface area contributed by atoms with Crippen LogP contribution < -0.4 is 0 Å². The molecule has 1 atom stereocenters. The first-order chi connectivity index (χ1) is 2.81. The molecular weight excluding hydrogens is 108 g/mol. The van der Waals surface area contributed by atoms with Gasteiger partial charge in [0.05, 0.1) is 0 Å². The van der Waals surface area contributed by atoms with E-state index in [4.69, 9.17) is 4.43 Å². The molecule has 0 spiro atoms. The van der Waals surface area contributed by atoms with Gasteiger partial charge in [-0.15, -0.1) is 0 Å². The summed E-state index contributed by atoms with van der Waals surface area (Å²) >= 11 is 0. The largest absolute Gasteiger partial charge is 0.428 e. The lowest BCUT2D eigenvalue weighted by Gasteiger charge is -1.99. The Morgan fingerprint density at radius 1 is 1.83 bits per heavy atom. The summed E-state index contributed by atoms with van der Waals surface area (Å²) < 4.78 is 5.10. The van der Waals surface area contributed by atoms with Gasteiger partial charge in [0, 0.05) is 16.9 Å². The minimum atomic E-state index is -0.522. The molecule has 0 aromatic rings. The lowest BCUT2D eigenvalue weighted by Crippen LogP contribution is -2.13. The van der Waals surface area contributed by atoms with E-state index in [1.807, 2.05) is 7.11 Å². The Balaban J connectivity index is 2.75. The van der Waals surface area contributed by atoms with Crippen molar-refractivity contribution in [3.8, 4) is 0 Å². The highest BCUT2D eigenvalue weighted by molar-refractivity contribution is 6.99. The van der Waals surface area contributed by atoms with Gasteiger partial charge in [0.15, 0.2) is 8.56 Å². The van der Waals surface area contributed by atoms with Crippen molar-refractivity contribution in [2.45, 2.75) is 13.0 Å². The molecule has 3 heteroatoms. The van der Waals surface area contributed by atoms with Gasteiger partial charge in [0.2, 0.25) is 0 Å². The third-order valence-electron chi connectivity index (χ3n) is 0.977. The van der Waals surface area contributed by atoms with Crippen LogP contribution in [0.25, 0.3) is 0 Å². The van der Waals surface area contributed by atoms with Gasteiger partial charge in [-0.1, -0.05) is 6.92 Å². The summed E-state index contributed by atoms with van der Waals surface area (Å²) in [6.07, 6.45) is 0. The second kappa shape index (κ2) is 3.58. The van der Waals surface area contributed by atoms with Crippen LogP contribution in [0, 0.1) is 0 Å². The van der Waals surface area contributed by atoms with Crippen molar-refractivity contribution in [3.05, 3.63) is 0 Å². The van der Waals surface area contributed by atoms with Gasteiger partial charge >= 0.3 is 0 Å². The van der Waals surface area contributed by atoms with Gasteiger partial charge in [-0.2, -0.15) is 0 Å². The third kappa shape index (κ3) is 2.62. The molecule has 0 saturated heterocycles. The molecule has 0 aliphatic carbocycles. The predicted molar refractivity (Wildman–Crippen MR) is 34.6 cm³/mol. The summed E-state index contributed by atoms with van der Waals surface area (Å²) in [5.74, 6) is 0. The normalized spacial score (nSPS) is 15.0. The Morgan fingerprint density at radius 3 is 2.33 bits per heavy atom. The molecule has 0 rings (SSSR count). The predicted octanol–water partition coefficient (Wildman–Crippen LogP) is -0.761. The Bertz CT molecular complexity index is 28.0. The fourth-order valence-electron chi connectivity index (χ4n) is 0.167. The summed E-state index contributed by atoms with van der Waals surface area (Å²) in [4.78, 5) is 0. The zero-order chi connectivity index (χ0) is 4.99. The standard InChI is InChI=1S/C3H12OSi2/c1-3-6(5)4-2/h6H,3H2,1-2,5H3. The molecule has 38 valence electrons. The van der Waals surface area contributed by atoms with Crippen molar-refractivity contribution in [2.75, 3.05) is 7.11 Å². The van der Waals surface area contributed by atoms with E-state index in [9.17, 15) is 0 Å². The highest BCUT2D eigenvalue weighted by Gasteiger charge is 1.92. The van der Waals surface area contributed by atoms with Gasteiger partial charge in [-0.25, -0.2) is 0 Å². The van der Waals surface area contributed by atoms with E-state index in [0.717, 1.165) is 0 Å². The minimum absolute atomic E-state index is 0.522. The van der Waals surface area contributed by atoms with Crippen molar-refractivity contribution >= 4 is 18.3 Å². The summed E-state index contributed by atoms with van der Waals surface area (Å²) in [6.45, 7) is 2.20. The highest BCUT2D eigenvalue weighted by atomic mass is 29.2. The SMILES string of the molecule is CC[SiH]([SiH3])OC. The van der Waals surface area contributed by atoms with E-state index in [-0.39, 0.29) is 0 Å². The molecule has 0 aliphatic heterocycles. The van der Waals surface area contributed by atoms with Crippen LogP contribution in [0.15, 0.2) is 0 Å². The lowest BCUT2D eigenvalue weighted by atomic mass is 11.0. The van der Waals surface area contributed by atoms with Crippen molar-refractivity contribution in [2.24, 2.45) is 0 Å². The maximum Gasteiger partial charge on any atom is 0.153 e. The molecule has 0 bridgehead atoms. The Kier molecular flexibility index (Phi) is 3.81. The van der Waals surface area contributed by atoms with Crippen LogP contribution in [0.4, 0.5) is 0 Å². The van der Waals surface area contributed by atoms with E-state index >= 15 is 0 Å². The van der Waals surface area contributed by atoms with Gasteiger partial charge in [0.1, 0.15) is 0 Å². The van der Waals surface area contributed by atoms with Crippen LogP contribution in [0.3, 0.4) is 0 Å². The van der Waals surface area contributed by atoms with Crippen molar-refractivity contribution in [1.29, 1.82) is 0 Å². The minimum Gasteiger partial charge on any atom is -0.428 e. The summed E-state index contributed by atoms with van der Waals surface area (Å²) in [5, 5.41) is 0. The molecule has 0 radical (unpaired) electrons. The Labute approximate surface area is 43.6 Å². The molecule has 0 N–H and O–H groups in total. The first kappa shape index (κ1) is 6.39. The number of hydrogen-bond donors (Lipinski definition) is 0. The molecule has 0 fully saturated rings. The molecule has 6 heavy (non-hydrogen) atoms. The zero-order valence-corrected chi connectivity index (χ0v) is 7.85. The van der Waals surface area contributed by atoms with Gasteiger partial charge in [-0.05, 0) is 6.04 Å². The Morgan fingerprint density at radius 2 is 2.33 bits per heavy atom. The van der Waals surface area contributed by atoms with Crippen LogP contribution in [-0.2, 0) is 4.43 Å². The monoisotopic (exact) mass is 120 g/mol. The number of rotatable bonds is 2. The quantitative estimate of drug-likeness (QED) is 0.435. The Hall–Kier alpha value is 0.394. The first-order valence-electron chi connectivity index (χ1n) is 2.34. The second-order valence-corrected chi connectivity index (χ2v) is 8.23. The highest BCUT2D eigenvalue weighted by Crippen LogP contribution is 1.81. The van der Waals surface area contributed by atoms with Crippen molar-refractivity contribution < 1.29 is 4.43 Å². The van der Waals surface area contributed by atoms with Gasteiger partial charge in [-0.3, -0.25) is 0 Å². The van der Waals surface area contributed by atoms with Crippen LogP contribution in [0.5, 0.6) is 0 Å². The molecule has 1 unspecified atom stereocenters. The first-order valence-corrected chi connectivity index (χ1v) is 8.24. The smallest absolute Gasteiger partial charge is 0.153 e. The molecule has 0 amide bonds. The number of hydrogen-bond acceptors (Lipinski definition) is 1. The van der Waals surface area contributed by atoms with E-state index in [2.05, 4.69) is 6.92 Å². The molecule has 1 nitrogen and oxygen atoms in total. The van der Waals surface area contributed by atoms with Crippen LogP contribution in [-0.4, -0.2) is 25.4 Å². The average Bonchev–Trinajstić information content (AvgIpc) is 1.65. The van der Waals surface area contributed by atoms with Crippen molar-refractivity contribution in [3.63, 3.8) is 0 Å². The summed E-state index contributed by atoms with van der Waals surface area (Å²) in [6, 6.07) is 1.31. The van der Waals surface area contributed by atoms with Gasteiger partial charge in [0.25, 0.3) is 0 Å². The maximum atomic E-state index is 5.10. The van der Waals surface area contributed by atoms with Crippen LogP contribution in [0.2, 0.25) is 6.04 Å². The molecule has 0 aromatic heterocycles. The molecule has 0 heterocycles.